The molecule has 16 heavy (non-hydrogen) atoms. The zero-order valence-corrected chi connectivity index (χ0v) is 10.3. The predicted molar refractivity (Wildman–Crippen MR) is 64.2 cm³/mol. The highest BCUT2D eigenvalue weighted by atomic mass is 16.7. The van der Waals surface area contributed by atoms with E-state index in [4.69, 9.17) is 15.3 Å². The average molecular weight is 224 g/mol. The molecule has 0 fully saturated rings. The molecule has 0 amide bonds. The number of hydroxylamine groups is 2. The largest absolute Gasteiger partial charge is 0.497 e. The van der Waals surface area contributed by atoms with Gasteiger partial charge in [-0.15, -0.1) is 0 Å². The standard InChI is InChI=1S/C12H20N2O2/c1-9(13)12(14(2)16-4)10-6-5-7-11(8-10)15-3/h5-9,12H,13H2,1-4H3. The Bertz CT molecular complexity index is 329. The van der Waals surface area contributed by atoms with E-state index in [9.17, 15) is 0 Å². The van der Waals surface area contributed by atoms with Gasteiger partial charge in [-0.05, 0) is 24.6 Å². The molecule has 0 aromatic heterocycles. The number of ether oxygens (including phenoxy) is 1. The van der Waals surface area contributed by atoms with E-state index in [-0.39, 0.29) is 12.1 Å². The van der Waals surface area contributed by atoms with Gasteiger partial charge in [0.2, 0.25) is 0 Å². The summed E-state index contributed by atoms with van der Waals surface area (Å²) in [5.41, 5.74) is 7.06. The van der Waals surface area contributed by atoms with Gasteiger partial charge in [0.15, 0.2) is 0 Å². The summed E-state index contributed by atoms with van der Waals surface area (Å²) in [7, 11) is 5.16. The van der Waals surface area contributed by atoms with Crippen LogP contribution in [-0.4, -0.2) is 32.4 Å². The summed E-state index contributed by atoms with van der Waals surface area (Å²) < 4.78 is 5.20. The molecule has 0 aliphatic heterocycles. The first-order valence-corrected chi connectivity index (χ1v) is 5.26. The molecule has 2 N–H and O–H groups in total. The summed E-state index contributed by atoms with van der Waals surface area (Å²) in [6, 6.07) is 7.84. The number of methoxy groups -OCH3 is 1. The highest BCUT2D eigenvalue weighted by molar-refractivity contribution is 5.31. The first-order valence-electron chi connectivity index (χ1n) is 5.26. The fraction of sp³-hybridized carbons (Fsp3) is 0.500. The van der Waals surface area contributed by atoms with Crippen LogP contribution >= 0.6 is 0 Å². The van der Waals surface area contributed by atoms with Crippen LogP contribution in [-0.2, 0) is 4.84 Å². The molecule has 4 heteroatoms. The fourth-order valence-electron chi connectivity index (χ4n) is 1.78. The number of hydrogen-bond donors (Lipinski definition) is 1. The smallest absolute Gasteiger partial charge is 0.119 e. The highest BCUT2D eigenvalue weighted by Gasteiger charge is 2.21. The van der Waals surface area contributed by atoms with Crippen LogP contribution in [0.4, 0.5) is 0 Å². The van der Waals surface area contributed by atoms with Gasteiger partial charge in [-0.1, -0.05) is 12.1 Å². The van der Waals surface area contributed by atoms with E-state index < -0.39 is 0 Å². The summed E-state index contributed by atoms with van der Waals surface area (Å²) in [5, 5.41) is 1.75. The quantitative estimate of drug-likeness (QED) is 0.771. The maximum Gasteiger partial charge on any atom is 0.119 e. The molecule has 0 heterocycles. The molecular formula is C12H20N2O2. The van der Waals surface area contributed by atoms with Crippen molar-refractivity contribution in [1.29, 1.82) is 0 Å². The minimum Gasteiger partial charge on any atom is -0.497 e. The SMILES string of the molecule is COc1cccc(C(C(C)N)N(C)OC)c1. The van der Waals surface area contributed by atoms with Crippen LogP contribution in [0.3, 0.4) is 0 Å². The number of likely N-dealkylation sites (N-methyl/N-ethyl adjacent to an activating group) is 1. The van der Waals surface area contributed by atoms with E-state index in [1.807, 2.05) is 38.2 Å². The zero-order chi connectivity index (χ0) is 12.1. The molecule has 1 aromatic rings. The lowest BCUT2D eigenvalue weighted by atomic mass is 10.0. The second-order valence-corrected chi connectivity index (χ2v) is 3.81. The van der Waals surface area contributed by atoms with Gasteiger partial charge in [0, 0.05) is 13.1 Å². The van der Waals surface area contributed by atoms with Crippen LogP contribution < -0.4 is 10.5 Å². The van der Waals surface area contributed by atoms with Crippen molar-refractivity contribution in [3.8, 4) is 5.75 Å². The molecule has 0 aliphatic carbocycles. The maximum atomic E-state index is 5.97. The number of rotatable bonds is 5. The van der Waals surface area contributed by atoms with Gasteiger partial charge in [0.1, 0.15) is 5.75 Å². The van der Waals surface area contributed by atoms with Crippen molar-refractivity contribution in [3.05, 3.63) is 29.8 Å². The van der Waals surface area contributed by atoms with Gasteiger partial charge in [-0.2, -0.15) is 5.06 Å². The molecule has 0 bridgehead atoms. The van der Waals surface area contributed by atoms with E-state index in [1.54, 1.807) is 19.3 Å². The Balaban J connectivity index is 3.00. The summed E-state index contributed by atoms with van der Waals surface area (Å²) >= 11 is 0. The monoisotopic (exact) mass is 224 g/mol. The Kier molecular flexibility index (Phi) is 4.73. The molecule has 2 unspecified atom stereocenters. The fourth-order valence-corrected chi connectivity index (χ4v) is 1.78. The van der Waals surface area contributed by atoms with Crippen LogP contribution in [0.25, 0.3) is 0 Å². The lowest BCUT2D eigenvalue weighted by Gasteiger charge is -2.29. The van der Waals surface area contributed by atoms with Crippen molar-refractivity contribution in [2.45, 2.75) is 19.0 Å². The lowest BCUT2D eigenvalue weighted by Crippen LogP contribution is -2.36. The molecule has 0 spiro atoms. The van der Waals surface area contributed by atoms with Gasteiger partial charge in [-0.3, -0.25) is 0 Å². The van der Waals surface area contributed by atoms with Crippen LogP contribution in [0, 0.1) is 0 Å². The van der Waals surface area contributed by atoms with Crippen LogP contribution in [0.2, 0.25) is 0 Å². The normalized spacial score (nSPS) is 14.9. The summed E-state index contributed by atoms with van der Waals surface area (Å²) in [4.78, 5) is 5.21. The van der Waals surface area contributed by atoms with Crippen molar-refractivity contribution in [2.75, 3.05) is 21.3 Å². The topological polar surface area (TPSA) is 47.7 Å². The van der Waals surface area contributed by atoms with Crippen LogP contribution in [0.5, 0.6) is 5.75 Å². The molecule has 4 nitrogen and oxygen atoms in total. The highest BCUT2D eigenvalue weighted by Crippen LogP contribution is 2.25. The second-order valence-electron chi connectivity index (χ2n) is 3.81. The summed E-state index contributed by atoms with van der Waals surface area (Å²) in [6.45, 7) is 1.96. The second kappa shape index (κ2) is 5.84. The molecule has 0 saturated heterocycles. The number of nitrogens with two attached hydrogens (primary N) is 1. The van der Waals surface area contributed by atoms with Gasteiger partial charge in [0.25, 0.3) is 0 Å². The van der Waals surface area contributed by atoms with Gasteiger partial charge in [0.05, 0.1) is 20.3 Å². The van der Waals surface area contributed by atoms with Gasteiger partial charge >= 0.3 is 0 Å². The lowest BCUT2D eigenvalue weighted by molar-refractivity contribution is -0.146. The van der Waals surface area contributed by atoms with Gasteiger partial charge < -0.3 is 15.3 Å². The molecule has 1 aromatic carbocycles. The minimum atomic E-state index is -0.0305. The van der Waals surface area contributed by atoms with Crippen molar-refractivity contribution >= 4 is 0 Å². The van der Waals surface area contributed by atoms with Crippen molar-refractivity contribution in [3.63, 3.8) is 0 Å². The van der Waals surface area contributed by atoms with Crippen molar-refractivity contribution < 1.29 is 9.57 Å². The Morgan fingerprint density at radius 3 is 2.50 bits per heavy atom. The molecule has 0 radical (unpaired) electrons. The molecule has 0 aliphatic rings. The number of benzene rings is 1. The van der Waals surface area contributed by atoms with E-state index in [2.05, 4.69) is 0 Å². The first-order chi connectivity index (χ1) is 7.60. The summed E-state index contributed by atoms with van der Waals surface area (Å²) in [5.74, 6) is 0.827. The average Bonchev–Trinajstić information content (AvgIpc) is 2.29. The molecule has 90 valence electrons. The van der Waals surface area contributed by atoms with E-state index in [0.29, 0.717) is 0 Å². The van der Waals surface area contributed by atoms with E-state index in [1.165, 1.54) is 0 Å². The van der Waals surface area contributed by atoms with Gasteiger partial charge in [-0.25, -0.2) is 0 Å². The van der Waals surface area contributed by atoms with Crippen molar-refractivity contribution in [1.82, 2.24) is 5.06 Å². The molecule has 1 rings (SSSR count). The Hall–Kier alpha value is -1.10. The van der Waals surface area contributed by atoms with Crippen LogP contribution in [0.1, 0.15) is 18.5 Å². The van der Waals surface area contributed by atoms with Crippen LogP contribution in [0.15, 0.2) is 24.3 Å². The molecule has 0 saturated carbocycles. The first kappa shape index (κ1) is 13.0. The third kappa shape index (κ3) is 2.95. The third-order valence-electron chi connectivity index (χ3n) is 2.61. The third-order valence-corrected chi connectivity index (χ3v) is 2.61. The van der Waals surface area contributed by atoms with E-state index in [0.717, 1.165) is 11.3 Å². The molecular weight excluding hydrogens is 204 g/mol. The molecule has 2 atom stereocenters. The maximum absolute atomic E-state index is 5.97. The van der Waals surface area contributed by atoms with Crippen molar-refractivity contribution in [2.24, 2.45) is 5.73 Å². The Morgan fingerprint density at radius 2 is 2.00 bits per heavy atom. The number of nitrogens with zero attached hydrogens (tertiary/aromatic N) is 1. The predicted octanol–water partition coefficient (Wildman–Crippen LogP) is 1.58. The number of hydrogen-bond acceptors (Lipinski definition) is 4. The summed E-state index contributed by atoms with van der Waals surface area (Å²) in [6.07, 6.45) is 0. The Morgan fingerprint density at radius 1 is 1.31 bits per heavy atom. The zero-order valence-electron chi connectivity index (χ0n) is 10.3. The minimum absolute atomic E-state index is 0.0140. The van der Waals surface area contributed by atoms with E-state index >= 15 is 0 Å². The Labute approximate surface area is 96.9 Å².